The second-order valence-electron chi connectivity index (χ2n) is 14.8. The summed E-state index contributed by atoms with van der Waals surface area (Å²) in [5.74, 6) is -2.47. The van der Waals surface area contributed by atoms with Crippen LogP contribution in [0.15, 0.2) is 24.3 Å². The molecule has 0 aliphatic carbocycles. The Hall–Kier alpha value is -5.18. The minimum absolute atomic E-state index is 0.115. The normalized spacial score (nSPS) is 9.85. The monoisotopic (exact) mass is 1080 g/mol. The molecule has 1 aromatic carbocycles. The fourth-order valence-electron chi connectivity index (χ4n) is 4.43. The Morgan fingerprint density at radius 1 is 0.400 bits per heavy atom. The smallest absolute Gasteiger partial charge is 0.338 e. The summed E-state index contributed by atoms with van der Waals surface area (Å²) in [6.45, 7) is 33.4. The standard InChI is InChI=1S/C13H18O3.C9H16O4.C8H16O3.C7H12O4.C7H14O3.C6H14O.C5H10O2/c1-3-15-9-4-10-16-13(14)12-7-5-11(2)6-8-12;1-3-12-8(10)6-5-7-9(11)13-4-2;1-3-6-11-8(9)5-7-10-4-2;1-3-10-6(8)5-7(9)11-4-2;1-3-6(8)5-7(9)10-4-2;1-3-5-6-7-4-2;1-3-5(6)7-4-2/h5-8H,3-4,9-10H2,1-2H3;3-7H2,1-2H3;3-7H2,1-2H3;3-5H2,1-2H3;6,8H,3-5H2,1-2H3;3-6H2,1-2H3;3-4H2,1-2H3. The van der Waals surface area contributed by atoms with Crippen LogP contribution in [0, 0.1) is 6.92 Å². The van der Waals surface area contributed by atoms with Crippen LogP contribution in [-0.4, -0.2) is 151 Å². The first-order chi connectivity index (χ1) is 35.9. The van der Waals surface area contributed by atoms with E-state index in [1.807, 2.05) is 53.7 Å². The quantitative estimate of drug-likeness (QED) is 0.0305. The van der Waals surface area contributed by atoms with Gasteiger partial charge >= 0.3 is 47.8 Å². The van der Waals surface area contributed by atoms with Gasteiger partial charge in [0.05, 0.1) is 84.0 Å². The zero-order valence-electron chi connectivity index (χ0n) is 48.5. The van der Waals surface area contributed by atoms with E-state index in [4.69, 9.17) is 38.3 Å². The molecule has 0 aromatic heterocycles. The highest BCUT2D eigenvalue weighted by molar-refractivity contribution is 5.91. The summed E-state index contributed by atoms with van der Waals surface area (Å²) in [5.41, 5.74) is 1.73. The third-order valence-electron chi connectivity index (χ3n) is 8.17. The van der Waals surface area contributed by atoms with Gasteiger partial charge in [-0.1, -0.05) is 51.8 Å². The number of aliphatic hydroxyl groups is 1. The molecule has 20 heteroatoms. The zero-order valence-corrected chi connectivity index (χ0v) is 48.5. The predicted octanol–water partition coefficient (Wildman–Crippen LogP) is 9.22. The summed E-state index contributed by atoms with van der Waals surface area (Å²) in [4.78, 5) is 85.9. The Balaban J connectivity index is -0.000000188. The van der Waals surface area contributed by atoms with E-state index in [2.05, 4.69) is 25.9 Å². The van der Waals surface area contributed by atoms with Crippen LogP contribution in [-0.2, 0) is 85.7 Å². The Labute approximate surface area is 450 Å². The molecule has 0 amide bonds. The number of unbranched alkanes of at least 4 members (excludes halogenated alkanes) is 1. The van der Waals surface area contributed by atoms with Gasteiger partial charge < -0.3 is 57.2 Å². The van der Waals surface area contributed by atoms with Crippen LogP contribution < -0.4 is 0 Å². The number of esters is 8. The second kappa shape index (κ2) is 66.8. The zero-order chi connectivity index (χ0) is 58.3. The number of hydrogen-bond acceptors (Lipinski definition) is 20. The lowest BCUT2D eigenvalue weighted by Crippen LogP contribution is -2.14. The third-order valence-corrected chi connectivity index (χ3v) is 8.17. The maximum Gasteiger partial charge on any atom is 0.338 e. The summed E-state index contributed by atoms with van der Waals surface area (Å²) < 4.78 is 52.7. The molecule has 0 fully saturated rings. The third kappa shape index (κ3) is 73.1. The molecule has 0 heterocycles. The van der Waals surface area contributed by atoms with Gasteiger partial charge in [-0.15, -0.1) is 0 Å². The fraction of sp³-hybridized carbons (Fsp3) is 0.745. The summed E-state index contributed by atoms with van der Waals surface area (Å²) in [7, 11) is 0. The van der Waals surface area contributed by atoms with Crippen LogP contribution >= 0.6 is 0 Å². The SMILES string of the molecule is CCCCOCC.CCCOC(=O)CCOCC.CCOC(=O)CC.CCOC(=O)CC(=O)OCC.CCOC(=O)CC(O)CC.CCOC(=O)CCCC(=O)OCC.CCOCCCOC(=O)c1ccc(C)cc1. The largest absolute Gasteiger partial charge is 0.466 e. The number of ether oxygens (including phenoxy) is 11. The first-order valence-corrected chi connectivity index (χ1v) is 26.6. The maximum absolute atomic E-state index is 11.5. The Morgan fingerprint density at radius 2 is 0.813 bits per heavy atom. The molecule has 0 bridgehead atoms. The number of benzene rings is 1. The van der Waals surface area contributed by atoms with Gasteiger partial charge in [0.15, 0.2) is 0 Å². The van der Waals surface area contributed by atoms with Gasteiger partial charge in [0, 0.05) is 58.7 Å². The fourth-order valence-corrected chi connectivity index (χ4v) is 4.43. The Kier molecular flexibility index (Phi) is 72.3. The van der Waals surface area contributed by atoms with Gasteiger partial charge in [-0.3, -0.25) is 33.6 Å². The van der Waals surface area contributed by atoms with Gasteiger partial charge in [0.2, 0.25) is 0 Å². The molecule has 20 nitrogen and oxygen atoms in total. The van der Waals surface area contributed by atoms with E-state index in [0.717, 1.165) is 31.6 Å². The summed E-state index contributed by atoms with van der Waals surface area (Å²) >= 11 is 0. The van der Waals surface area contributed by atoms with Gasteiger partial charge in [-0.2, -0.15) is 0 Å². The minimum Gasteiger partial charge on any atom is -0.466 e. The molecule has 1 aromatic rings. The molecule has 440 valence electrons. The van der Waals surface area contributed by atoms with E-state index in [1.54, 1.807) is 60.6 Å². The van der Waals surface area contributed by atoms with Gasteiger partial charge in [-0.05, 0) is 107 Å². The van der Waals surface area contributed by atoms with Gasteiger partial charge in [0.25, 0.3) is 0 Å². The second-order valence-corrected chi connectivity index (χ2v) is 14.8. The first-order valence-electron chi connectivity index (χ1n) is 26.6. The molecule has 0 aliphatic heterocycles. The predicted molar refractivity (Wildman–Crippen MR) is 286 cm³/mol. The van der Waals surface area contributed by atoms with Crippen LogP contribution in [0.4, 0.5) is 0 Å². The van der Waals surface area contributed by atoms with Crippen molar-refractivity contribution in [3.8, 4) is 0 Å². The molecular weight excluding hydrogens is 981 g/mol. The summed E-state index contributed by atoms with van der Waals surface area (Å²) in [6.07, 6.45) is 5.85. The Bertz CT molecular complexity index is 1450. The van der Waals surface area contributed by atoms with E-state index >= 15 is 0 Å². The topological polar surface area (TPSA) is 258 Å². The maximum atomic E-state index is 11.5. The number of rotatable bonds is 32. The number of aliphatic hydroxyl groups excluding tert-OH is 1. The number of carbonyl (C=O) groups excluding carboxylic acids is 8. The molecule has 75 heavy (non-hydrogen) atoms. The molecule has 0 radical (unpaired) electrons. The number of aryl methyl sites for hydroxylation is 1. The lowest BCUT2D eigenvalue weighted by molar-refractivity contribution is -0.154. The van der Waals surface area contributed by atoms with Crippen molar-refractivity contribution >= 4 is 47.8 Å². The summed E-state index contributed by atoms with van der Waals surface area (Å²) in [6, 6.07) is 7.36. The van der Waals surface area contributed by atoms with E-state index in [-0.39, 0.29) is 74.7 Å². The van der Waals surface area contributed by atoms with Crippen molar-refractivity contribution in [1.82, 2.24) is 0 Å². The van der Waals surface area contributed by atoms with Crippen molar-refractivity contribution in [3.63, 3.8) is 0 Å². The van der Waals surface area contributed by atoms with Crippen molar-refractivity contribution in [2.24, 2.45) is 0 Å². The molecule has 1 atom stereocenters. The highest BCUT2D eigenvalue weighted by atomic mass is 16.6. The minimum atomic E-state index is -0.543. The summed E-state index contributed by atoms with van der Waals surface area (Å²) in [5, 5.41) is 8.95. The average molecular weight is 1080 g/mol. The number of hydrogen-bond donors (Lipinski definition) is 1. The van der Waals surface area contributed by atoms with E-state index in [9.17, 15) is 38.4 Å². The van der Waals surface area contributed by atoms with E-state index in [0.29, 0.717) is 97.3 Å². The van der Waals surface area contributed by atoms with E-state index < -0.39 is 18.0 Å². The van der Waals surface area contributed by atoms with Gasteiger partial charge in [0.1, 0.15) is 6.42 Å². The molecule has 0 saturated heterocycles. The molecule has 1 rings (SSSR count). The lowest BCUT2D eigenvalue weighted by Gasteiger charge is -2.05. The molecule has 0 aliphatic rings. The van der Waals surface area contributed by atoms with Crippen LogP contribution in [0.25, 0.3) is 0 Å². The van der Waals surface area contributed by atoms with E-state index in [1.165, 1.54) is 12.8 Å². The lowest BCUT2D eigenvalue weighted by atomic mass is 10.1. The first kappa shape index (κ1) is 81.2. The number of carbonyl (C=O) groups is 8. The molecule has 0 saturated carbocycles. The van der Waals surface area contributed by atoms with Crippen molar-refractivity contribution in [2.75, 3.05) is 92.5 Å². The van der Waals surface area contributed by atoms with Crippen LogP contribution in [0.3, 0.4) is 0 Å². The van der Waals surface area contributed by atoms with Gasteiger partial charge in [-0.25, -0.2) is 4.79 Å². The van der Waals surface area contributed by atoms with Crippen LogP contribution in [0.5, 0.6) is 0 Å². The Morgan fingerprint density at radius 3 is 1.21 bits per heavy atom. The molecule has 1 N–H and O–H groups in total. The highest BCUT2D eigenvalue weighted by Gasteiger charge is 2.11. The van der Waals surface area contributed by atoms with Crippen LogP contribution in [0.1, 0.15) is 183 Å². The molecular formula is C55H100O20. The highest BCUT2D eigenvalue weighted by Crippen LogP contribution is 2.05. The van der Waals surface area contributed by atoms with Crippen molar-refractivity contribution in [2.45, 2.75) is 180 Å². The van der Waals surface area contributed by atoms with Crippen molar-refractivity contribution in [1.29, 1.82) is 0 Å². The average Bonchev–Trinajstić information content (AvgIpc) is 3.37. The van der Waals surface area contributed by atoms with Crippen molar-refractivity contribution < 1.29 is 95.6 Å². The molecule has 0 spiro atoms. The molecule has 1 unspecified atom stereocenters. The van der Waals surface area contributed by atoms with Crippen LogP contribution in [0.2, 0.25) is 0 Å². The van der Waals surface area contributed by atoms with Crippen molar-refractivity contribution in [3.05, 3.63) is 35.4 Å².